The number of carbonyl (C=O) groups is 3. The molecule has 10 heteroatoms. The second-order valence-corrected chi connectivity index (χ2v) is 2.48. The predicted octanol–water partition coefficient (Wildman–Crippen LogP) is -1.23. The Kier molecular flexibility index (Phi) is 11.6. The van der Waals surface area contributed by atoms with Crippen molar-refractivity contribution in [2.75, 3.05) is 0 Å². The largest absolute Gasteiger partial charge is 0.481 e. The van der Waals surface area contributed by atoms with Gasteiger partial charge in [-0.2, -0.15) is 0 Å². The maximum absolute atomic E-state index is 10.3. The molecule has 6 N–H and O–H groups in total. The monoisotopic (exact) mass is 290 g/mol. The van der Waals surface area contributed by atoms with E-state index in [0.29, 0.717) is 0 Å². The number of aliphatic hydroxyl groups is 1. The first-order valence-corrected chi connectivity index (χ1v) is 3.37. The molecule has 0 aromatic carbocycles. The predicted molar refractivity (Wildman–Crippen MR) is 42.3 cm³/mol. The molecule has 90 valence electrons. The molecule has 0 heterocycles. The molecule has 0 fully saturated rings. The molecule has 0 saturated heterocycles. The van der Waals surface area contributed by atoms with Crippen LogP contribution in [0.25, 0.3) is 0 Å². The second-order valence-electron chi connectivity index (χ2n) is 2.48. The Balaban J connectivity index is -0.000000529. The van der Waals surface area contributed by atoms with Gasteiger partial charge in [-0.25, -0.2) is 4.79 Å². The van der Waals surface area contributed by atoms with E-state index in [4.69, 9.17) is 30.9 Å². The molecule has 0 aromatic heterocycles. The third-order valence-corrected chi connectivity index (χ3v) is 1.29. The van der Waals surface area contributed by atoms with Crippen LogP contribution in [0.1, 0.15) is 12.8 Å². The summed E-state index contributed by atoms with van der Waals surface area (Å²) in [5, 5.41) is 45.8. The van der Waals surface area contributed by atoms with Crippen molar-refractivity contribution in [2.24, 2.45) is 0 Å². The molecular formula is C6H10O9Zn. The Bertz CT molecular complexity index is 234. The molecular weight excluding hydrogens is 281 g/mol. The van der Waals surface area contributed by atoms with Crippen molar-refractivity contribution < 1.29 is 64.8 Å². The average molecular weight is 292 g/mol. The van der Waals surface area contributed by atoms with Gasteiger partial charge in [0.15, 0.2) is 5.60 Å². The third-order valence-electron chi connectivity index (χ3n) is 1.29. The van der Waals surface area contributed by atoms with E-state index in [1.807, 2.05) is 0 Å². The SMILES string of the molecule is O=C(O)CC(O)(CC(=O)O)C(=O)O.OO.[Zn]. The first-order chi connectivity index (χ1) is 6.78. The van der Waals surface area contributed by atoms with Crippen LogP contribution in [-0.2, 0) is 33.9 Å². The normalized spacial score (nSPS) is 9.19. The minimum Gasteiger partial charge on any atom is -0.481 e. The number of hydrogen-bond acceptors (Lipinski definition) is 6. The summed E-state index contributed by atoms with van der Waals surface area (Å²) < 4.78 is 0. The quantitative estimate of drug-likeness (QED) is 0.206. The van der Waals surface area contributed by atoms with Crippen LogP contribution in [0.2, 0.25) is 0 Å². The summed E-state index contributed by atoms with van der Waals surface area (Å²) in [5.74, 6) is -5.02. The van der Waals surface area contributed by atoms with Crippen LogP contribution < -0.4 is 0 Å². The Morgan fingerprint density at radius 2 is 1.12 bits per heavy atom. The number of rotatable bonds is 5. The van der Waals surface area contributed by atoms with Gasteiger partial charge in [0.25, 0.3) is 0 Å². The van der Waals surface area contributed by atoms with Crippen molar-refractivity contribution in [2.45, 2.75) is 18.4 Å². The van der Waals surface area contributed by atoms with Crippen LogP contribution in [0.3, 0.4) is 0 Å². The molecule has 0 rings (SSSR count). The van der Waals surface area contributed by atoms with E-state index in [1.165, 1.54) is 0 Å². The summed E-state index contributed by atoms with van der Waals surface area (Å²) in [6, 6.07) is 0. The maximum atomic E-state index is 10.3. The third kappa shape index (κ3) is 8.24. The van der Waals surface area contributed by atoms with E-state index in [1.54, 1.807) is 0 Å². The fraction of sp³-hybridized carbons (Fsp3) is 0.500. The van der Waals surface area contributed by atoms with Crippen molar-refractivity contribution in [1.29, 1.82) is 0 Å². The first kappa shape index (κ1) is 20.3. The van der Waals surface area contributed by atoms with Crippen LogP contribution in [0.15, 0.2) is 0 Å². The zero-order valence-electron chi connectivity index (χ0n) is 8.03. The van der Waals surface area contributed by atoms with Gasteiger partial charge < -0.3 is 20.4 Å². The molecule has 0 aliphatic rings. The molecule has 0 aliphatic carbocycles. The molecule has 0 atom stereocenters. The Morgan fingerprint density at radius 3 is 1.25 bits per heavy atom. The van der Waals surface area contributed by atoms with E-state index in [0.717, 1.165) is 0 Å². The van der Waals surface area contributed by atoms with Gasteiger partial charge in [0.2, 0.25) is 0 Å². The topological polar surface area (TPSA) is 173 Å². The molecule has 0 aromatic rings. The zero-order chi connectivity index (χ0) is 12.6. The molecule has 0 saturated carbocycles. The van der Waals surface area contributed by atoms with Gasteiger partial charge in [0.05, 0.1) is 12.8 Å². The molecule has 0 unspecified atom stereocenters. The Morgan fingerprint density at radius 1 is 0.875 bits per heavy atom. The maximum Gasteiger partial charge on any atom is 0.336 e. The van der Waals surface area contributed by atoms with Crippen molar-refractivity contribution >= 4 is 17.9 Å². The van der Waals surface area contributed by atoms with E-state index >= 15 is 0 Å². The molecule has 0 bridgehead atoms. The molecule has 16 heavy (non-hydrogen) atoms. The summed E-state index contributed by atoms with van der Waals surface area (Å²) in [5.41, 5.74) is -2.74. The molecule has 0 amide bonds. The van der Waals surface area contributed by atoms with Gasteiger partial charge in [-0.3, -0.25) is 20.1 Å². The summed E-state index contributed by atoms with van der Waals surface area (Å²) in [4.78, 5) is 30.5. The number of hydrogen-bond donors (Lipinski definition) is 6. The van der Waals surface area contributed by atoms with Crippen LogP contribution in [0, 0.1) is 0 Å². The Labute approximate surface area is 102 Å². The van der Waals surface area contributed by atoms with Gasteiger partial charge >= 0.3 is 17.9 Å². The molecule has 9 nitrogen and oxygen atoms in total. The second kappa shape index (κ2) is 9.16. The molecule has 0 spiro atoms. The molecule has 0 aliphatic heterocycles. The fourth-order valence-electron chi connectivity index (χ4n) is 0.714. The van der Waals surface area contributed by atoms with E-state index < -0.39 is 36.4 Å². The van der Waals surface area contributed by atoms with Gasteiger partial charge in [-0.1, -0.05) is 0 Å². The van der Waals surface area contributed by atoms with E-state index in [-0.39, 0.29) is 19.5 Å². The summed E-state index contributed by atoms with van der Waals surface area (Å²) in [6.45, 7) is 0. The summed E-state index contributed by atoms with van der Waals surface area (Å²) in [6.07, 6.45) is -2.29. The van der Waals surface area contributed by atoms with Gasteiger partial charge in [-0.15, -0.1) is 0 Å². The van der Waals surface area contributed by atoms with Gasteiger partial charge in [0, 0.05) is 19.5 Å². The minimum absolute atomic E-state index is 0. The first-order valence-electron chi connectivity index (χ1n) is 3.37. The minimum atomic E-state index is -2.74. The standard InChI is InChI=1S/C6H8O7.H2O2.Zn/c7-3(8)1-6(13,5(11)12)2-4(9)10;1-2;/h13H,1-2H2,(H,7,8)(H,9,10)(H,11,12);1-2H;. The van der Waals surface area contributed by atoms with Crippen LogP contribution in [0.5, 0.6) is 0 Å². The zero-order valence-corrected chi connectivity index (χ0v) is 11.0. The number of carboxylic acid groups (broad SMARTS) is 3. The molecule has 0 radical (unpaired) electrons. The van der Waals surface area contributed by atoms with Crippen LogP contribution in [0.4, 0.5) is 0 Å². The van der Waals surface area contributed by atoms with Gasteiger partial charge in [-0.05, 0) is 0 Å². The van der Waals surface area contributed by atoms with E-state index in [9.17, 15) is 14.4 Å². The van der Waals surface area contributed by atoms with Crippen LogP contribution >= 0.6 is 0 Å². The smallest absolute Gasteiger partial charge is 0.336 e. The number of aliphatic carboxylic acids is 3. The summed E-state index contributed by atoms with van der Waals surface area (Å²) in [7, 11) is 0. The van der Waals surface area contributed by atoms with Crippen molar-refractivity contribution in [3.8, 4) is 0 Å². The van der Waals surface area contributed by atoms with Crippen LogP contribution in [-0.4, -0.2) is 54.4 Å². The van der Waals surface area contributed by atoms with Crippen molar-refractivity contribution in [3.05, 3.63) is 0 Å². The van der Waals surface area contributed by atoms with Crippen molar-refractivity contribution in [1.82, 2.24) is 0 Å². The van der Waals surface area contributed by atoms with E-state index in [2.05, 4.69) is 0 Å². The Hall–Kier alpha value is -1.09. The summed E-state index contributed by atoms with van der Waals surface area (Å²) >= 11 is 0. The fourth-order valence-corrected chi connectivity index (χ4v) is 0.714. The average Bonchev–Trinajstić information content (AvgIpc) is 2.04. The van der Waals surface area contributed by atoms with Crippen molar-refractivity contribution in [3.63, 3.8) is 0 Å². The number of carboxylic acids is 3. The van der Waals surface area contributed by atoms with Gasteiger partial charge in [0.1, 0.15) is 0 Å².